The molecule has 2 atom stereocenters. The van der Waals surface area contributed by atoms with Crippen LogP contribution in [0.25, 0.3) is 6.08 Å². The van der Waals surface area contributed by atoms with Gasteiger partial charge in [-0.15, -0.1) is 0 Å². The number of β-lactam (4-membered cyclic amide) rings is 1. The molecule has 0 bridgehead atoms. The van der Waals surface area contributed by atoms with Crippen molar-refractivity contribution in [1.29, 1.82) is 0 Å². The minimum Gasteiger partial charge on any atom is -0.345 e. The second kappa shape index (κ2) is 5.45. The molecule has 2 aliphatic heterocycles. The molecule has 0 spiro atoms. The van der Waals surface area contributed by atoms with Crippen LogP contribution in [0.1, 0.15) is 26.3 Å². The van der Waals surface area contributed by atoms with Crippen LogP contribution in [0.5, 0.6) is 0 Å². The standard InChI is InChI=1S/C19H14N2O3/c22-17-16(15(20-17)11-10-12-6-2-1-3-7-12)21-18(23)13-8-4-5-9-14(13)19(21)24/h1-11,15-16H,(H,20,22)/t15-,16+/m0/s1. The molecule has 0 aliphatic carbocycles. The Labute approximate surface area is 138 Å². The van der Waals surface area contributed by atoms with Gasteiger partial charge in [-0.25, -0.2) is 0 Å². The molecule has 0 radical (unpaired) electrons. The van der Waals surface area contributed by atoms with Crippen molar-refractivity contribution in [3.63, 3.8) is 0 Å². The maximum absolute atomic E-state index is 12.5. The lowest BCUT2D eigenvalue weighted by molar-refractivity contribution is -0.133. The van der Waals surface area contributed by atoms with Gasteiger partial charge in [-0.2, -0.15) is 0 Å². The molecule has 1 N–H and O–H groups in total. The summed E-state index contributed by atoms with van der Waals surface area (Å²) in [6, 6.07) is 15.1. The summed E-state index contributed by atoms with van der Waals surface area (Å²) in [6.45, 7) is 0. The minimum atomic E-state index is -0.794. The highest BCUT2D eigenvalue weighted by atomic mass is 16.2. The van der Waals surface area contributed by atoms with Crippen LogP contribution in [0.15, 0.2) is 60.7 Å². The molecular formula is C19H14N2O3. The number of imide groups is 1. The van der Waals surface area contributed by atoms with Crippen LogP contribution < -0.4 is 5.32 Å². The average Bonchev–Trinajstić information content (AvgIpc) is 2.85. The fraction of sp³-hybridized carbons (Fsp3) is 0.105. The molecule has 0 unspecified atom stereocenters. The monoisotopic (exact) mass is 318 g/mol. The van der Waals surface area contributed by atoms with Gasteiger partial charge in [-0.1, -0.05) is 54.6 Å². The number of carbonyl (C=O) groups excluding carboxylic acids is 3. The van der Waals surface area contributed by atoms with Crippen LogP contribution in [-0.2, 0) is 4.79 Å². The lowest BCUT2D eigenvalue weighted by atomic mass is 9.96. The molecule has 5 heteroatoms. The maximum atomic E-state index is 12.5. The van der Waals surface area contributed by atoms with E-state index in [1.165, 1.54) is 0 Å². The number of amides is 3. The third-order valence-corrected chi connectivity index (χ3v) is 4.32. The predicted octanol–water partition coefficient (Wildman–Crippen LogP) is 1.86. The first-order valence-corrected chi connectivity index (χ1v) is 7.67. The van der Waals surface area contributed by atoms with Gasteiger partial charge in [0.25, 0.3) is 11.8 Å². The number of benzene rings is 2. The maximum Gasteiger partial charge on any atom is 0.262 e. The molecule has 5 nitrogen and oxygen atoms in total. The number of rotatable bonds is 3. The van der Waals surface area contributed by atoms with Crippen molar-refractivity contribution < 1.29 is 14.4 Å². The highest BCUT2D eigenvalue weighted by Crippen LogP contribution is 2.28. The second-order valence-corrected chi connectivity index (χ2v) is 5.77. The first kappa shape index (κ1) is 14.4. The van der Waals surface area contributed by atoms with Crippen LogP contribution in [0.3, 0.4) is 0 Å². The summed E-state index contributed by atoms with van der Waals surface area (Å²) in [5, 5.41) is 2.74. The number of carbonyl (C=O) groups is 3. The van der Waals surface area contributed by atoms with Gasteiger partial charge in [0.2, 0.25) is 5.91 Å². The van der Waals surface area contributed by atoms with Crippen molar-refractivity contribution in [1.82, 2.24) is 10.2 Å². The molecule has 0 saturated carbocycles. The normalized spacial score (nSPS) is 22.5. The van der Waals surface area contributed by atoms with Crippen molar-refractivity contribution in [2.75, 3.05) is 0 Å². The summed E-state index contributed by atoms with van der Waals surface area (Å²) in [5.41, 5.74) is 1.70. The molecular weight excluding hydrogens is 304 g/mol. The van der Waals surface area contributed by atoms with E-state index < -0.39 is 17.9 Å². The molecule has 1 fully saturated rings. The third kappa shape index (κ3) is 2.13. The highest BCUT2D eigenvalue weighted by molar-refractivity contribution is 6.23. The van der Waals surface area contributed by atoms with Crippen molar-refractivity contribution in [2.24, 2.45) is 0 Å². The molecule has 2 aliphatic rings. The Kier molecular flexibility index (Phi) is 3.27. The predicted molar refractivity (Wildman–Crippen MR) is 88.1 cm³/mol. The van der Waals surface area contributed by atoms with Gasteiger partial charge < -0.3 is 5.32 Å². The number of hydrogen-bond donors (Lipinski definition) is 1. The van der Waals surface area contributed by atoms with Crippen molar-refractivity contribution in [2.45, 2.75) is 12.1 Å². The van der Waals surface area contributed by atoms with E-state index in [9.17, 15) is 14.4 Å². The summed E-state index contributed by atoms with van der Waals surface area (Å²) in [7, 11) is 0. The number of hydrogen-bond acceptors (Lipinski definition) is 3. The van der Waals surface area contributed by atoms with E-state index in [4.69, 9.17) is 0 Å². The Morgan fingerprint density at radius 1 is 0.833 bits per heavy atom. The van der Waals surface area contributed by atoms with E-state index in [0.717, 1.165) is 10.5 Å². The van der Waals surface area contributed by atoms with E-state index in [1.54, 1.807) is 24.3 Å². The number of fused-ring (bicyclic) bond motifs is 1. The topological polar surface area (TPSA) is 66.5 Å². The molecule has 2 heterocycles. The summed E-state index contributed by atoms with van der Waals surface area (Å²) in [4.78, 5) is 38.1. The van der Waals surface area contributed by atoms with E-state index in [0.29, 0.717) is 11.1 Å². The van der Waals surface area contributed by atoms with Gasteiger partial charge in [0, 0.05) is 0 Å². The molecule has 2 aromatic rings. The van der Waals surface area contributed by atoms with Crippen LogP contribution >= 0.6 is 0 Å². The molecule has 118 valence electrons. The Hall–Kier alpha value is -3.21. The number of nitrogens with one attached hydrogen (secondary N) is 1. The highest BCUT2D eigenvalue weighted by Gasteiger charge is 2.50. The second-order valence-electron chi connectivity index (χ2n) is 5.77. The van der Waals surface area contributed by atoms with Crippen molar-refractivity contribution in [3.8, 4) is 0 Å². The van der Waals surface area contributed by atoms with Gasteiger partial charge in [-0.3, -0.25) is 19.3 Å². The van der Waals surface area contributed by atoms with Crippen LogP contribution in [0.2, 0.25) is 0 Å². The largest absolute Gasteiger partial charge is 0.345 e. The fourth-order valence-corrected chi connectivity index (χ4v) is 3.07. The van der Waals surface area contributed by atoms with E-state index >= 15 is 0 Å². The Bertz CT molecular complexity index is 838. The summed E-state index contributed by atoms with van der Waals surface area (Å²) in [6.07, 6.45) is 3.68. The van der Waals surface area contributed by atoms with Crippen LogP contribution in [0, 0.1) is 0 Å². The summed E-state index contributed by atoms with van der Waals surface area (Å²) >= 11 is 0. The van der Waals surface area contributed by atoms with Gasteiger partial charge >= 0.3 is 0 Å². The first-order chi connectivity index (χ1) is 11.7. The SMILES string of the molecule is O=C1N[C@@H](C=Cc2ccccc2)[C@H]1N1C(=O)c2ccccc2C1=O. The Balaban J connectivity index is 1.60. The zero-order chi connectivity index (χ0) is 16.7. The van der Waals surface area contributed by atoms with Crippen LogP contribution in [-0.4, -0.2) is 34.7 Å². The lowest BCUT2D eigenvalue weighted by Gasteiger charge is -2.39. The zero-order valence-corrected chi connectivity index (χ0v) is 12.7. The summed E-state index contributed by atoms with van der Waals surface area (Å²) in [5.74, 6) is -1.13. The van der Waals surface area contributed by atoms with Gasteiger partial charge in [0.05, 0.1) is 17.2 Å². The minimum absolute atomic E-state index is 0.313. The fourth-order valence-electron chi connectivity index (χ4n) is 3.07. The molecule has 0 aromatic heterocycles. The Morgan fingerprint density at radius 3 is 2.00 bits per heavy atom. The average molecular weight is 318 g/mol. The van der Waals surface area contributed by atoms with Crippen molar-refractivity contribution >= 4 is 23.8 Å². The van der Waals surface area contributed by atoms with E-state index in [1.807, 2.05) is 42.5 Å². The quantitative estimate of drug-likeness (QED) is 0.694. The molecule has 24 heavy (non-hydrogen) atoms. The molecule has 3 amide bonds. The van der Waals surface area contributed by atoms with Crippen molar-refractivity contribution in [3.05, 3.63) is 77.4 Å². The van der Waals surface area contributed by atoms with Gasteiger partial charge in [-0.05, 0) is 17.7 Å². The smallest absolute Gasteiger partial charge is 0.262 e. The van der Waals surface area contributed by atoms with Gasteiger partial charge in [0.1, 0.15) is 6.04 Å². The molecule has 1 saturated heterocycles. The molecule has 4 rings (SSSR count). The number of nitrogens with zero attached hydrogens (tertiary/aromatic N) is 1. The van der Waals surface area contributed by atoms with E-state index in [2.05, 4.69) is 5.32 Å². The molecule has 2 aromatic carbocycles. The lowest BCUT2D eigenvalue weighted by Crippen LogP contribution is -2.69. The van der Waals surface area contributed by atoms with E-state index in [-0.39, 0.29) is 11.9 Å². The van der Waals surface area contributed by atoms with Gasteiger partial charge in [0.15, 0.2) is 0 Å². The van der Waals surface area contributed by atoms with Crippen LogP contribution in [0.4, 0.5) is 0 Å². The first-order valence-electron chi connectivity index (χ1n) is 7.67. The summed E-state index contributed by atoms with van der Waals surface area (Å²) < 4.78 is 0. The Morgan fingerprint density at radius 2 is 1.42 bits per heavy atom. The zero-order valence-electron chi connectivity index (χ0n) is 12.7. The third-order valence-electron chi connectivity index (χ3n) is 4.32.